The van der Waals surface area contributed by atoms with E-state index in [0.29, 0.717) is 0 Å². The molecule has 0 heterocycles. The van der Waals surface area contributed by atoms with Gasteiger partial charge in [0.1, 0.15) is 0 Å². The van der Waals surface area contributed by atoms with Gasteiger partial charge in [-0.15, -0.1) is 0 Å². The molecule has 0 atom stereocenters. The molecule has 0 aliphatic rings. The van der Waals surface area contributed by atoms with Gasteiger partial charge in [-0.3, -0.25) is 0 Å². The molecule has 0 saturated heterocycles. The summed E-state index contributed by atoms with van der Waals surface area (Å²) >= 11 is -0.0433. The SMILES string of the molecule is c1ccc([O][Mn][O]c2ccccc2)cc1. The van der Waals surface area contributed by atoms with Crippen molar-refractivity contribution in [3.63, 3.8) is 0 Å². The van der Waals surface area contributed by atoms with Crippen LogP contribution in [-0.2, 0) is 15.6 Å². The number of para-hydroxylation sites is 2. The summed E-state index contributed by atoms with van der Waals surface area (Å²) in [5.41, 5.74) is 0. The van der Waals surface area contributed by atoms with Gasteiger partial charge in [0.2, 0.25) is 0 Å². The Morgan fingerprint density at radius 1 is 0.600 bits per heavy atom. The van der Waals surface area contributed by atoms with Crippen LogP contribution in [0.4, 0.5) is 0 Å². The second kappa shape index (κ2) is 5.44. The average Bonchev–Trinajstić information content (AvgIpc) is 2.32. The first-order valence-corrected chi connectivity index (χ1v) is 5.50. The zero-order chi connectivity index (χ0) is 10.3. The van der Waals surface area contributed by atoms with E-state index >= 15 is 0 Å². The fraction of sp³-hybridized carbons (Fsp3) is 0. The van der Waals surface area contributed by atoms with E-state index in [1.807, 2.05) is 60.7 Å². The van der Waals surface area contributed by atoms with E-state index in [4.69, 9.17) is 7.64 Å². The van der Waals surface area contributed by atoms with Gasteiger partial charge >= 0.3 is 95.4 Å². The van der Waals surface area contributed by atoms with Crippen molar-refractivity contribution in [2.45, 2.75) is 0 Å². The normalized spacial score (nSPS) is 9.60. The second-order valence-corrected chi connectivity index (χ2v) is 3.52. The van der Waals surface area contributed by atoms with Crippen molar-refractivity contribution < 1.29 is 23.3 Å². The van der Waals surface area contributed by atoms with E-state index in [0.717, 1.165) is 11.5 Å². The molecule has 2 aromatic carbocycles. The molecule has 0 fully saturated rings. The molecule has 0 aromatic heterocycles. The van der Waals surface area contributed by atoms with Crippen LogP contribution in [0.1, 0.15) is 0 Å². The monoisotopic (exact) mass is 241 g/mol. The summed E-state index contributed by atoms with van der Waals surface area (Å²) in [7, 11) is 0. The fourth-order valence-corrected chi connectivity index (χ4v) is 1.63. The Labute approximate surface area is 95.7 Å². The van der Waals surface area contributed by atoms with E-state index in [1.54, 1.807) is 0 Å². The van der Waals surface area contributed by atoms with Crippen LogP contribution in [0.25, 0.3) is 0 Å². The Morgan fingerprint density at radius 3 is 1.40 bits per heavy atom. The van der Waals surface area contributed by atoms with E-state index < -0.39 is 0 Å². The van der Waals surface area contributed by atoms with E-state index in [2.05, 4.69) is 0 Å². The van der Waals surface area contributed by atoms with Crippen LogP contribution in [0.2, 0.25) is 0 Å². The molecule has 0 amide bonds. The molecule has 0 bridgehead atoms. The van der Waals surface area contributed by atoms with Crippen LogP contribution in [-0.4, -0.2) is 0 Å². The number of rotatable bonds is 4. The standard InChI is InChI=1S/2C6H6O.Mn/c2*7-6-4-2-1-3-5-6;/h2*1-5,7H;/q;;+2/p-2. The van der Waals surface area contributed by atoms with Crippen molar-refractivity contribution in [2.24, 2.45) is 0 Å². The van der Waals surface area contributed by atoms with Gasteiger partial charge < -0.3 is 0 Å². The topological polar surface area (TPSA) is 18.5 Å². The number of benzene rings is 2. The van der Waals surface area contributed by atoms with Crippen LogP contribution in [0.5, 0.6) is 11.5 Å². The quantitative estimate of drug-likeness (QED) is 0.766. The molecule has 2 rings (SSSR count). The van der Waals surface area contributed by atoms with Crippen molar-refractivity contribution in [1.82, 2.24) is 0 Å². The summed E-state index contributed by atoms with van der Waals surface area (Å²) < 4.78 is 10.8. The third kappa shape index (κ3) is 3.31. The van der Waals surface area contributed by atoms with Crippen molar-refractivity contribution >= 4 is 0 Å². The summed E-state index contributed by atoms with van der Waals surface area (Å²) in [6.07, 6.45) is 0. The Bertz CT molecular complexity index is 349. The molecule has 0 aliphatic carbocycles. The summed E-state index contributed by atoms with van der Waals surface area (Å²) in [6.45, 7) is 0. The van der Waals surface area contributed by atoms with Crippen molar-refractivity contribution in [3.05, 3.63) is 60.7 Å². The van der Waals surface area contributed by atoms with Gasteiger partial charge in [-0.2, -0.15) is 0 Å². The first-order chi connectivity index (χ1) is 7.45. The molecule has 0 saturated carbocycles. The van der Waals surface area contributed by atoms with Crippen molar-refractivity contribution in [1.29, 1.82) is 0 Å². The van der Waals surface area contributed by atoms with E-state index in [1.165, 1.54) is 0 Å². The fourth-order valence-electron chi connectivity index (χ4n) is 1.03. The molecule has 0 aliphatic heterocycles. The molecule has 0 spiro atoms. The predicted octanol–water partition coefficient (Wildman–Crippen LogP) is 3.06. The van der Waals surface area contributed by atoms with E-state index in [-0.39, 0.29) is 15.6 Å². The third-order valence-corrected chi connectivity index (χ3v) is 2.48. The zero-order valence-electron chi connectivity index (χ0n) is 7.97. The maximum absolute atomic E-state index is 5.42. The molecular formula is C12H10MnO2. The Balaban J connectivity index is 1.81. The van der Waals surface area contributed by atoms with Gasteiger partial charge in [-0.1, -0.05) is 0 Å². The molecule has 0 unspecified atom stereocenters. The van der Waals surface area contributed by atoms with E-state index in [9.17, 15) is 0 Å². The maximum atomic E-state index is 5.42. The third-order valence-electron chi connectivity index (χ3n) is 1.73. The van der Waals surface area contributed by atoms with Crippen LogP contribution >= 0.6 is 0 Å². The number of hydrogen-bond donors (Lipinski definition) is 0. The van der Waals surface area contributed by atoms with Gasteiger partial charge in [0.25, 0.3) is 0 Å². The summed E-state index contributed by atoms with van der Waals surface area (Å²) in [4.78, 5) is 0. The first kappa shape index (κ1) is 10.1. The van der Waals surface area contributed by atoms with Crippen LogP contribution in [0.15, 0.2) is 60.7 Å². The summed E-state index contributed by atoms with van der Waals surface area (Å²) in [5.74, 6) is 1.65. The number of hydrogen-bond acceptors (Lipinski definition) is 2. The zero-order valence-corrected chi connectivity index (χ0v) is 9.15. The average molecular weight is 241 g/mol. The minimum absolute atomic E-state index is 0.0433. The second-order valence-electron chi connectivity index (χ2n) is 2.84. The minimum atomic E-state index is -0.0433. The molecule has 77 valence electrons. The molecule has 2 nitrogen and oxygen atoms in total. The molecule has 15 heavy (non-hydrogen) atoms. The predicted molar refractivity (Wildman–Crippen MR) is 54.1 cm³/mol. The molecule has 2 aromatic rings. The summed E-state index contributed by atoms with van der Waals surface area (Å²) in [6, 6.07) is 19.3. The first-order valence-electron chi connectivity index (χ1n) is 4.54. The van der Waals surface area contributed by atoms with Crippen LogP contribution in [0.3, 0.4) is 0 Å². The molecule has 0 radical (unpaired) electrons. The van der Waals surface area contributed by atoms with Gasteiger partial charge in [-0.05, 0) is 0 Å². The molecule has 0 N–H and O–H groups in total. The Hall–Kier alpha value is -1.44. The van der Waals surface area contributed by atoms with Crippen LogP contribution < -0.4 is 7.64 Å². The van der Waals surface area contributed by atoms with Gasteiger partial charge in [0, 0.05) is 0 Å². The van der Waals surface area contributed by atoms with Gasteiger partial charge in [0.15, 0.2) is 0 Å². The van der Waals surface area contributed by atoms with Crippen molar-refractivity contribution in [3.8, 4) is 11.5 Å². The Kier molecular flexibility index (Phi) is 3.66. The molecular weight excluding hydrogens is 231 g/mol. The van der Waals surface area contributed by atoms with Gasteiger partial charge in [-0.25, -0.2) is 0 Å². The molecule has 3 heteroatoms. The van der Waals surface area contributed by atoms with Crippen LogP contribution in [0, 0.1) is 0 Å². The Morgan fingerprint density at radius 2 is 1.00 bits per heavy atom. The summed E-state index contributed by atoms with van der Waals surface area (Å²) in [5, 5.41) is 0. The van der Waals surface area contributed by atoms with Gasteiger partial charge in [0.05, 0.1) is 0 Å². The van der Waals surface area contributed by atoms with Crippen molar-refractivity contribution in [2.75, 3.05) is 0 Å².